The summed E-state index contributed by atoms with van der Waals surface area (Å²) in [6, 6.07) is 11.5. The molecule has 2 aromatic carbocycles. The summed E-state index contributed by atoms with van der Waals surface area (Å²) in [6.45, 7) is 1.89. The van der Waals surface area contributed by atoms with Crippen molar-refractivity contribution < 1.29 is 20.1 Å². The van der Waals surface area contributed by atoms with E-state index in [0.717, 1.165) is 12.0 Å². The van der Waals surface area contributed by atoms with Gasteiger partial charge in [-0.25, -0.2) is 10.2 Å². The molecular formula is C24H26N6O6. The fourth-order valence-corrected chi connectivity index (χ4v) is 3.61. The number of aliphatic hydroxyl groups is 1. The van der Waals surface area contributed by atoms with Crippen LogP contribution in [0.4, 0.5) is 5.95 Å². The predicted octanol–water partition coefficient (Wildman–Crippen LogP) is 1.28. The number of benzene rings is 2. The highest BCUT2D eigenvalue weighted by Gasteiger charge is 2.20. The third-order valence-corrected chi connectivity index (χ3v) is 5.53. The topological polar surface area (TPSA) is 167 Å². The van der Waals surface area contributed by atoms with Crippen LogP contribution in [0.25, 0.3) is 11.2 Å². The van der Waals surface area contributed by atoms with E-state index in [-0.39, 0.29) is 41.8 Å². The number of hydrogen-bond acceptors (Lipinski definition) is 9. The number of aromatic hydroxyl groups is 2. The number of ether oxygens (including phenoxy) is 1. The SMILES string of the molecule is CCc1cccc(OC[C@@H](O)Cn2c(N/N=C\c3ccc(O)cc3O)nc3c2c(=O)[nH]c(=O)n3C)c1. The Hall–Kier alpha value is -4.58. The summed E-state index contributed by atoms with van der Waals surface area (Å²) in [5.74, 6) is 0.406. The van der Waals surface area contributed by atoms with Gasteiger partial charge in [0.1, 0.15) is 30.0 Å². The summed E-state index contributed by atoms with van der Waals surface area (Å²) in [5.41, 5.74) is 2.95. The van der Waals surface area contributed by atoms with Gasteiger partial charge in [0.2, 0.25) is 5.95 Å². The van der Waals surface area contributed by atoms with Crippen molar-refractivity contribution in [2.45, 2.75) is 26.0 Å². The largest absolute Gasteiger partial charge is 0.508 e. The fraction of sp³-hybridized carbons (Fsp3) is 0.250. The molecule has 12 nitrogen and oxygen atoms in total. The molecule has 36 heavy (non-hydrogen) atoms. The summed E-state index contributed by atoms with van der Waals surface area (Å²) in [6.07, 6.45) is 1.11. The van der Waals surface area contributed by atoms with Crippen LogP contribution in [-0.2, 0) is 20.0 Å². The molecule has 4 aromatic rings. The van der Waals surface area contributed by atoms with Crippen molar-refractivity contribution in [1.29, 1.82) is 0 Å². The summed E-state index contributed by atoms with van der Waals surface area (Å²) in [4.78, 5) is 31.2. The molecule has 0 aliphatic carbocycles. The third kappa shape index (κ3) is 5.23. The molecule has 0 aliphatic rings. The van der Waals surface area contributed by atoms with Crippen LogP contribution in [0.15, 0.2) is 57.2 Å². The minimum absolute atomic E-state index is 0.0550. The lowest BCUT2D eigenvalue weighted by molar-refractivity contribution is 0.0938. The third-order valence-electron chi connectivity index (χ3n) is 5.53. The quantitative estimate of drug-likeness (QED) is 0.171. The van der Waals surface area contributed by atoms with E-state index in [1.807, 2.05) is 25.1 Å². The normalized spacial score (nSPS) is 12.3. The molecule has 0 bridgehead atoms. The Bertz CT molecular complexity index is 1540. The number of imidazole rings is 1. The van der Waals surface area contributed by atoms with Crippen LogP contribution >= 0.6 is 0 Å². The van der Waals surface area contributed by atoms with Gasteiger partial charge in [-0.2, -0.15) is 10.1 Å². The highest BCUT2D eigenvalue weighted by atomic mass is 16.5. The maximum atomic E-state index is 12.6. The molecule has 4 rings (SSSR count). The van der Waals surface area contributed by atoms with Gasteiger partial charge in [0, 0.05) is 18.7 Å². The summed E-state index contributed by atoms with van der Waals surface area (Å²) in [5, 5.41) is 34.1. The van der Waals surface area contributed by atoms with Crippen molar-refractivity contribution in [3.8, 4) is 17.2 Å². The second-order valence-corrected chi connectivity index (χ2v) is 8.12. The molecule has 0 spiro atoms. The molecule has 0 amide bonds. The van der Waals surface area contributed by atoms with Crippen LogP contribution in [0, 0.1) is 0 Å². The summed E-state index contributed by atoms with van der Waals surface area (Å²) in [7, 11) is 1.46. The van der Waals surface area contributed by atoms with Crippen LogP contribution < -0.4 is 21.4 Å². The molecule has 0 saturated carbocycles. The van der Waals surface area contributed by atoms with E-state index in [4.69, 9.17) is 4.74 Å². The van der Waals surface area contributed by atoms with Gasteiger partial charge in [-0.15, -0.1) is 0 Å². The summed E-state index contributed by atoms with van der Waals surface area (Å²) < 4.78 is 8.30. The lowest BCUT2D eigenvalue weighted by Gasteiger charge is -2.15. The number of H-pyrrole nitrogens is 1. The fourth-order valence-electron chi connectivity index (χ4n) is 3.61. The molecule has 0 unspecified atom stereocenters. The lowest BCUT2D eigenvalue weighted by Crippen LogP contribution is -2.30. The average Bonchev–Trinajstić information content (AvgIpc) is 3.21. The first-order valence-electron chi connectivity index (χ1n) is 11.2. The molecule has 1 atom stereocenters. The standard InChI is InChI=1S/C24H26N6O6/c1-3-14-5-4-6-18(9-14)36-13-17(32)12-30-20-21(29(2)24(35)27-22(20)34)26-23(30)28-25-11-15-7-8-16(31)10-19(15)33/h4-11,17,31-33H,3,12-13H2,1-2H3,(H,26,28)(H,27,34,35)/b25-11-/t17-/m0/s1. The number of nitrogens with one attached hydrogen (secondary N) is 2. The number of aliphatic hydroxyl groups excluding tert-OH is 1. The zero-order valence-electron chi connectivity index (χ0n) is 19.7. The molecule has 0 fully saturated rings. The number of hydrogen-bond donors (Lipinski definition) is 5. The van der Waals surface area contributed by atoms with Gasteiger partial charge in [-0.1, -0.05) is 19.1 Å². The number of aromatic amines is 1. The molecule has 0 aliphatic heterocycles. The second kappa shape index (κ2) is 10.4. The Labute approximate surface area is 204 Å². The van der Waals surface area contributed by atoms with Gasteiger partial charge in [0.15, 0.2) is 11.2 Å². The van der Waals surface area contributed by atoms with Crippen LogP contribution in [0.5, 0.6) is 17.2 Å². The van der Waals surface area contributed by atoms with Crippen molar-refractivity contribution >= 4 is 23.3 Å². The zero-order valence-corrected chi connectivity index (χ0v) is 19.7. The Morgan fingerprint density at radius 1 is 1.22 bits per heavy atom. The Balaban J connectivity index is 1.61. The monoisotopic (exact) mass is 494 g/mol. The highest BCUT2D eigenvalue weighted by Crippen LogP contribution is 2.21. The van der Waals surface area contributed by atoms with E-state index in [1.165, 1.54) is 40.6 Å². The number of nitrogens with zero attached hydrogens (tertiary/aromatic N) is 4. The van der Waals surface area contributed by atoms with Gasteiger partial charge in [0.25, 0.3) is 5.56 Å². The first-order chi connectivity index (χ1) is 17.3. The number of aromatic nitrogens is 4. The van der Waals surface area contributed by atoms with Gasteiger partial charge in [-0.3, -0.25) is 14.3 Å². The number of hydrazone groups is 1. The van der Waals surface area contributed by atoms with Gasteiger partial charge in [-0.05, 0) is 36.2 Å². The Morgan fingerprint density at radius 3 is 2.78 bits per heavy atom. The first-order valence-corrected chi connectivity index (χ1v) is 11.2. The van der Waals surface area contributed by atoms with E-state index in [9.17, 15) is 24.9 Å². The van der Waals surface area contributed by atoms with Gasteiger partial charge < -0.3 is 24.6 Å². The molecule has 2 aromatic heterocycles. The van der Waals surface area contributed by atoms with Crippen molar-refractivity contribution in [1.82, 2.24) is 19.1 Å². The number of anilines is 1. The van der Waals surface area contributed by atoms with E-state index >= 15 is 0 Å². The smallest absolute Gasteiger partial charge is 0.329 e. The number of phenols is 2. The Morgan fingerprint density at radius 2 is 2.03 bits per heavy atom. The predicted molar refractivity (Wildman–Crippen MR) is 134 cm³/mol. The number of fused-ring (bicyclic) bond motifs is 1. The maximum Gasteiger partial charge on any atom is 0.329 e. The highest BCUT2D eigenvalue weighted by molar-refractivity contribution is 5.84. The van der Waals surface area contributed by atoms with Gasteiger partial charge in [0.05, 0.1) is 12.8 Å². The molecule has 12 heteroatoms. The minimum Gasteiger partial charge on any atom is -0.508 e. The van der Waals surface area contributed by atoms with Gasteiger partial charge >= 0.3 is 5.69 Å². The molecular weight excluding hydrogens is 468 g/mol. The van der Waals surface area contributed by atoms with E-state index < -0.39 is 17.4 Å². The minimum atomic E-state index is -1.03. The van der Waals surface area contributed by atoms with Crippen LogP contribution in [-0.4, -0.2) is 53.3 Å². The number of rotatable bonds is 9. The molecule has 5 N–H and O–H groups in total. The maximum absolute atomic E-state index is 12.6. The van der Waals surface area contributed by atoms with E-state index in [0.29, 0.717) is 11.3 Å². The van der Waals surface area contributed by atoms with E-state index in [2.05, 4.69) is 20.5 Å². The van der Waals surface area contributed by atoms with Crippen LogP contribution in [0.2, 0.25) is 0 Å². The zero-order chi connectivity index (χ0) is 25.8. The van der Waals surface area contributed by atoms with Crippen molar-refractivity contribution in [3.63, 3.8) is 0 Å². The molecule has 188 valence electrons. The van der Waals surface area contributed by atoms with Crippen molar-refractivity contribution in [2.75, 3.05) is 12.0 Å². The molecule has 0 radical (unpaired) electrons. The average molecular weight is 495 g/mol. The van der Waals surface area contributed by atoms with Crippen LogP contribution in [0.1, 0.15) is 18.1 Å². The van der Waals surface area contributed by atoms with Crippen molar-refractivity contribution in [2.24, 2.45) is 12.1 Å². The second-order valence-electron chi connectivity index (χ2n) is 8.12. The lowest BCUT2D eigenvalue weighted by atomic mass is 10.2. The molecule has 2 heterocycles. The number of phenolic OH excluding ortho intramolecular Hbond substituents is 2. The summed E-state index contributed by atoms with van der Waals surface area (Å²) >= 11 is 0. The van der Waals surface area contributed by atoms with E-state index in [1.54, 1.807) is 6.07 Å². The Kier molecular flexibility index (Phi) is 7.06. The molecule has 0 saturated heterocycles. The van der Waals surface area contributed by atoms with Crippen molar-refractivity contribution in [3.05, 3.63) is 74.4 Å². The first kappa shape index (κ1) is 24.5. The number of aryl methyl sites for hydroxylation is 2. The van der Waals surface area contributed by atoms with Crippen LogP contribution in [0.3, 0.4) is 0 Å².